The van der Waals surface area contributed by atoms with Crippen molar-refractivity contribution in [2.24, 2.45) is 11.8 Å². The zero-order chi connectivity index (χ0) is 22.2. The Bertz CT molecular complexity index is 639. The number of ether oxygens (including phenoxy) is 3. The molecule has 0 aromatic heterocycles. The summed E-state index contributed by atoms with van der Waals surface area (Å²) >= 11 is 0. The Morgan fingerprint density at radius 1 is 1.14 bits per heavy atom. The van der Waals surface area contributed by atoms with Gasteiger partial charge < -0.3 is 23.7 Å². The Hall–Kier alpha value is -1.34. The third-order valence-corrected chi connectivity index (χ3v) is 10.4. The van der Waals surface area contributed by atoms with Crippen molar-refractivity contribution in [2.45, 2.75) is 58.5 Å². The smallest absolute Gasteiger partial charge is 0.191 e. The highest BCUT2D eigenvalue weighted by Crippen LogP contribution is 2.37. The molecule has 0 unspecified atom stereocenters. The molecule has 0 saturated heterocycles. The monoisotopic (exact) mass is 424 g/mol. The summed E-state index contributed by atoms with van der Waals surface area (Å²) in [6, 6.07) is 5.74. The van der Waals surface area contributed by atoms with Crippen molar-refractivity contribution in [1.82, 2.24) is 0 Å². The molecule has 0 aliphatic carbocycles. The molecule has 5 nitrogen and oxygen atoms in total. The van der Waals surface area contributed by atoms with Gasteiger partial charge in [-0.15, -0.1) is 6.58 Å². The highest BCUT2D eigenvalue weighted by atomic mass is 28.4. The lowest BCUT2D eigenvalue weighted by Crippen LogP contribution is -2.44. The average molecular weight is 425 g/mol. The van der Waals surface area contributed by atoms with Gasteiger partial charge in [-0.1, -0.05) is 39.8 Å². The molecule has 1 aromatic rings. The van der Waals surface area contributed by atoms with Crippen molar-refractivity contribution in [3.8, 4) is 11.5 Å². The molecule has 1 aromatic carbocycles. The van der Waals surface area contributed by atoms with Crippen LogP contribution in [0.15, 0.2) is 30.9 Å². The van der Waals surface area contributed by atoms with E-state index in [1.807, 2.05) is 18.2 Å². The number of hydrogen-bond donors (Lipinski definition) is 1. The van der Waals surface area contributed by atoms with Gasteiger partial charge >= 0.3 is 0 Å². The molecule has 166 valence electrons. The molecule has 0 heterocycles. The molecule has 0 bridgehead atoms. The Morgan fingerprint density at radius 2 is 1.76 bits per heavy atom. The summed E-state index contributed by atoms with van der Waals surface area (Å²) in [6.45, 7) is 18.2. The van der Waals surface area contributed by atoms with Crippen molar-refractivity contribution >= 4 is 8.32 Å². The summed E-state index contributed by atoms with van der Waals surface area (Å²) in [6.07, 6.45) is 1.57. The molecule has 0 saturated carbocycles. The molecule has 29 heavy (non-hydrogen) atoms. The molecule has 0 fully saturated rings. The third kappa shape index (κ3) is 7.14. The van der Waals surface area contributed by atoms with Gasteiger partial charge in [-0.05, 0) is 35.8 Å². The van der Waals surface area contributed by atoms with Crippen LogP contribution in [0.25, 0.3) is 0 Å². The normalized spacial score (nSPS) is 15.5. The topological polar surface area (TPSA) is 57.2 Å². The summed E-state index contributed by atoms with van der Waals surface area (Å²) in [5.74, 6) is 1.30. The van der Waals surface area contributed by atoms with Crippen LogP contribution < -0.4 is 9.47 Å². The standard InChI is InChI=1S/C23H40O5Si/c1-10-19(14-24)22(17(2)15-28-29(8,9)23(3,4)5)27-16-18-11-12-20(25-6)21(13-18)26-7/h10-13,17,19,22,24H,1,14-16H2,2-9H3/t17-,19-,22+/m1/s1. The minimum Gasteiger partial charge on any atom is -0.493 e. The number of aliphatic hydroxyl groups excluding tert-OH is 1. The molecule has 0 radical (unpaired) electrons. The minimum absolute atomic E-state index is 0.00939. The second-order valence-corrected chi connectivity index (χ2v) is 13.9. The lowest BCUT2D eigenvalue weighted by atomic mass is 9.93. The number of methoxy groups -OCH3 is 2. The van der Waals surface area contributed by atoms with Crippen molar-refractivity contribution in [2.75, 3.05) is 27.4 Å². The van der Waals surface area contributed by atoms with Gasteiger partial charge in [0.25, 0.3) is 0 Å². The van der Waals surface area contributed by atoms with Crippen LogP contribution in [0.1, 0.15) is 33.3 Å². The first-order valence-electron chi connectivity index (χ1n) is 10.2. The molecule has 1 N–H and O–H groups in total. The van der Waals surface area contributed by atoms with Gasteiger partial charge in [0.1, 0.15) is 0 Å². The van der Waals surface area contributed by atoms with Crippen LogP contribution in [-0.2, 0) is 15.8 Å². The molecule has 0 amide bonds. The Kier molecular flexibility index (Phi) is 9.89. The Balaban J connectivity index is 2.89. The largest absolute Gasteiger partial charge is 0.493 e. The van der Waals surface area contributed by atoms with Crippen LogP contribution in [0, 0.1) is 11.8 Å². The maximum Gasteiger partial charge on any atom is 0.191 e. The van der Waals surface area contributed by atoms with Crippen LogP contribution >= 0.6 is 0 Å². The van der Waals surface area contributed by atoms with E-state index < -0.39 is 8.32 Å². The van der Waals surface area contributed by atoms with E-state index in [1.165, 1.54) is 0 Å². The first kappa shape index (κ1) is 25.7. The first-order chi connectivity index (χ1) is 13.5. The van der Waals surface area contributed by atoms with Gasteiger partial charge in [0, 0.05) is 18.4 Å². The lowest BCUT2D eigenvalue weighted by Gasteiger charge is -2.38. The van der Waals surface area contributed by atoms with Gasteiger partial charge in [0.2, 0.25) is 0 Å². The highest BCUT2D eigenvalue weighted by molar-refractivity contribution is 6.74. The molecule has 3 atom stereocenters. The SMILES string of the molecule is C=C[C@H](CO)[C@@H](OCc1ccc(OC)c(OC)c1)[C@H](C)CO[Si](C)(C)C(C)(C)C. The van der Waals surface area contributed by atoms with E-state index in [1.54, 1.807) is 20.3 Å². The minimum atomic E-state index is -1.85. The highest BCUT2D eigenvalue weighted by Gasteiger charge is 2.38. The first-order valence-corrected chi connectivity index (χ1v) is 13.1. The molecule has 6 heteroatoms. The number of benzene rings is 1. The summed E-state index contributed by atoms with van der Waals surface area (Å²) in [7, 11) is 1.38. The zero-order valence-electron chi connectivity index (χ0n) is 19.5. The Morgan fingerprint density at radius 3 is 2.24 bits per heavy atom. The summed E-state index contributed by atoms with van der Waals surface area (Å²) < 4.78 is 23.3. The van der Waals surface area contributed by atoms with Crippen LogP contribution in [0.5, 0.6) is 11.5 Å². The van der Waals surface area contributed by atoms with E-state index in [9.17, 15) is 5.11 Å². The molecule has 0 aliphatic heterocycles. The predicted molar refractivity (Wildman–Crippen MR) is 121 cm³/mol. The summed E-state index contributed by atoms with van der Waals surface area (Å²) in [5, 5.41) is 9.98. The van der Waals surface area contributed by atoms with Gasteiger partial charge in [-0.3, -0.25) is 0 Å². The van der Waals surface area contributed by atoms with Crippen molar-refractivity contribution < 1.29 is 23.7 Å². The van der Waals surface area contributed by atoms with E-state index in [4.69, 9.17) is 18.6 Å². The third-order valence-electron chi connectivity index (χ3n) is 5.90. The lowest BCUT2D eigenvalue weighted by molar-refractivity contribution is -0.0442. The fourth-order valence-corrected chi connectivity index (χ4v) is 3.95. The van der Waals surface area contributed by atoms with E-state index in [0.29, 0.717) is 24.7 Å². The van der Waals surface area contributed by atoms with Gasteiger partial charge in [-0.2, -0.15) is 0 Å². The van der Waals surface area contributed by atoms with E-state index in [-0.39, 0.29) is 29.6 Å². The second kappa shape index (κ2) is 11.2. The molecular weight excluding hydrogens is 384 g/mol. The van der Waals surface area contributed by atoms with Crippen molar-refractivity contribution in [3.05, 3.63) is 36.4 Å². The fraction of sp³-hybridized carbons (Fsp3) is 0.652. The van der Waals surface area contributed by atoms with Crippen LogP contribution in [0.2, 0.25) is 18.1 Å². The van der Waals surface area contributed by atoms with Crippen molar-refractivity contribution in [3.63, 3.8) is 0 Å². The quantitative estimate of drug-likeness (QED) is 0.376. The fourth-order valence-electron chi connectivity index (χ4n) is 2.84. The molecule has 0 spiro atoms. The molecular formula is C23H40O5Si. The average Bonchev–Trinajstić information content (AvgIpc) is 2.68. The van der Waals surface area contributed by atoms with Gasteiger partial charge in [-0.25, -0.2) is 0 Å². The van der Waals surface area contributed by atoms with Crippen LogP contribution in [0.3, 0.4) is 0 Å². The van der Waals surface area contributed by atoms with E-state index in [2.05, 4.69) is 47.4 Å². The number of aliphatic hydroxyl groups is 1. The van der Waals surface area contributed by atoms with Crippen molar-refractivity contribution in [1.29, 1.82) is 0 Å². The van der Waals surface area contributed by atoms with Crippen LogP contribution in [0.4, 0.5) is 0 Å². The maximum atomic E-state index is 9.83. The summed E-state index contributed by atoms with van der Waals surface area (Å²) in [5.41, 5.74) is 0.978. The van der Waals surface area contributed by atoms with Gasteiger partial charge in [0.05, 0.1) is 33.5 Å². The predicted octanol–water partition coefficient (Wildman–Crippen LogP) is 5.04. The zero-order valence-corrected chi connectivity index (χ0v) is 20.5. The number of rotatable bonds is 12. The molecule has 1 rings (SSSR count). The number of hydrogen-bond acceptors (Lipinski definition) is 5. The summed E-state index contributed by atoms with van der Waals surface area (Å²) in [4.78, 5) is 0. The van der Waals surface area contributed by atoms with E-state index >= 15 is 0 Å². The van der Waals surface area contributed by atoms with Gasteiger partial charge in [0.15, 0.2) is 19.8 Å². The maximum absolute atomic E-state index is 9.83. The van der Waals surface area contributed by atoms with E-state index in [0.717, 1.165) is 5.56 Å². The molecule has 0 aliphatic rings. The van der Waals surface area contributed by atoms with Crippen LogP contribution in [-0.4, -0.2) is 47.0 Å². The second-order valence-electron chi connectivity index (χ2n) is 9.10. The Labute approximate surface area is 178 Å².